The number of aryl methyl sites for hydroxylation is 2. The number of nitrogens with one attached hydrogen (secondary N) is 2. The molecule has 3 rings (SSSR count). The Kier molecular flexibility index (Phi) is 6.34. The van der Waals surface area contributed by atoms with Crippen molar-refractivity contribution in [2.75, 3.05) is 17.1 Å². The van der Waals surface area contributed by atoms with Gasteiger partial charge in [0.2, 0.25) is 0 Å². The zero-order valence-corrected chi connectivity index (χ0v) is 18.3. The lowest BCUT2D eigenvalue weighted by molar-refractivity contribution is 0.102. The highest BCUT2D eigenvalue weighted by Gasteiger charge is 2.17. The van der Waals surface area contributed by atoms with Gasteiger partial charge >= 0.3 is 0 Å². The van der Waals surface area contributed by atoms with E-state index in [2.05, 4.69) is 10.0 Å². The number of halogens is 1. The second-order valence-electron chi connectivity index (χ2n) is 6.73. The van der Waals surface area contributed by atoms with Crippen LogP contribution in [0, 0.1) is 13.8 Å². The van der Waals surface area contributed by atoms with Crippen LogP contribution in [0.15, 0.2) is 65.6 Å². The van der Waals surface area contributed by atoms with Crippen LogP contribution >= 0.6 is 11.6 Å². The molecule has 1 amide bonds. The molecule has 0 aliphatic heterocycles. The van der Waals surface area contributed by atoms with Crippen molar-refractivity contribution in [3.8, 4) is 5.75 Å². The van der Waals surface area contributed by atoms with Gasteiger partial charge in [-0.2, -0.15) is 0 Å². The monoisotopic (exact) mass is 444 g/mol. The highest BCUT2D eigenvalue weighted by molar-refractivity contribution is 7.92. The number of carbonyl (C=O) groups excluding carboxylic acids is 1. The normalized spacial score (nSPS) is 11.1. The van der Waals surface area contributed by atoms with Gasteiger partial charge in [-0.05, 0) is 79.6 Å². The number of hydrogen-bond donors (Lipinski definition) is 2. The van der Waals surface area contributed by atoms with Crippen LogP contribution in [0.2, 0.25) is 5.02 Å². The molecular weight excluding hydrogens is 424 g/mol. The van der Waals surface area contributed by atoms with Crippen molar-refractivity contribution in [3.05, 3.63) is 82.4 Å². The average Bonchev–Trinajstić information content (AvgIpc) is 2.70. The Labute approximate surface area is 180 Å². The van der Waals surface area contributed by atoms with Gasteiger partial charge in [-0.1, -0.05) is 17.7 Å². The van der Waals surface area contributed by atoms with Gasteiger partial charge in [-0.15, -0.1) is 0 Å². The van der Waals surface area contributed by atoms with Gasteiger partial charge in [0.25, 0.3) is 15.9 Å². The predicted molar refractivity (Wildman–Crippen MR) is 119 cm³/mol. The zero-order chi connectivity index (χ0) is 21.9. The number of hydrogen-bond acceptors (Lipinski definition) is 4. The molecule has 30 heavy (non-hydrogen) atoms. The lowest BCUT2D eigenvalue weighted by atomic mass is 10.1. The van der Waals surface area contributed by atoms with Crippen molar-refractivity contribution < 1.29 is 17.9 Å². The highest BCUT2D eigenvalue weighted by Crippen LogP contribution is 2.25. The number of sulfonamides is 1. The van der Waals surface area contributed by atoms with Crippen molar-refractivity contribution in [1.29, 1.82) is 0 Å². The Morgan fingerprint density at radius 3 is 2.17 bits per heavy atom. The third kappa shape index (κ3) is 4.93. The molecular formula is C22H21ClN2O4S. The molecule has 0 aliphatic rings. The van der Waals surface area contributed by atoms with Crippen molar-refractivity contribution in [3.63, 3.8) is 0 Å². The van der Waals surface area contributed by atoms with Crippen molar-refractivity contribution >= 4 is 38.9 Å². The molecule has 0 fully saturated rings. The third-order valence-corrected chi connectivity index (χ3v) is 6.31. The second-order valence-corrected chi connectivity index (χ2v) is 8.82. The fourth-order valence-corrected chi connectivity index (χ4v) is 4.07. The average molecular weight is 445 g/mol. The largest absolute Gasteiger partial charge is 0.497 e. The molecule has 6 nitrogen and oxygen atoms in total. The molecule has 3 aromatic rings. The first-order chi connectivity index (χ1) is 14.2. The Balaban J connectivity index is 1.76. The minimum Gasteiger partial charge on any atom is -0.497 e. The molecule has 0 bridgehead atoms. The molecule has 3 aromatic carbocycles. The maximum absolute atomic E-state index is 12.6. The lowest BCUT2D eigenvalue weighted by Crippen LogP contribution is -2.15. The number of methoxy groups -OCH3 is 1. The quantitative estimate of drug-likeness (QED) is 0.559. The van der Waals surface area contributed by atoms with Gasteiger partial charge < -0.3 is 10.1 Å². The first-order valence-corrected chi connectivity index (χ1v) is 10.9. The van der Waals surface area contributed by atoms with Crippen LogP contribution in [-0.4, -0.2) is 21.4 Å². The van der Waals surface area contributed by atoms with E-state index in [1.165, 1.54) is 37.4 Å². The van der Waals surface area contributed by atoms with E-state index < -0.39 is 10.0 Å². The molecule has 0 radical (unpaired) electrons. The maximum atomic E-state index is 12.6. The molecule has 156 valence electrons. The van der Waals surface area contributed by atoms with Crippen molar-refractivity contribution in [1.82, 2.24) is 0 Å². The maximum Gasteiger partial charge on any atom is 0.261 e. The number of ether oxygens (including phenoxy) is 1. The Morgan fingerprint density at radius 2 is 1.57 bits per heavy atom. The first kappa shape index (κ1) is 21.7. The van der Waals surface area contributed by atoms with E-state index >= 15 is 0 Å². The Hall–Kier alpha value is -3.03. The van der Waals surface area contributed by atoms with E-state index in [1.807, 2.05) is 32.0 Å². The molecule has 0 spiro atoms. The van der Waals surface area contributed by atoms with Crippen LogP contribution in [0.5, 0.6) is 5.75 Å². The summed E-state index contributed by atoms with van der Waals surface area (Å²) in [5, 5.41) is 2.93. The topological polar surface area (TPSA) is 84.5 Å². The smallest absolute Gasteiger partial charge is 0.261 e. The summed E-state index contributed by atoms with van der Waals surface area (Å²) in [7, 11) is -2.31. The summed E-state index contributed by atoms with van der Waals surface area (Å²) < 4.78 is 32.6. The fourth-order valence-electron chi connectivity index (χ4n) is 2.75. The van der Waals surface area contributed by atoms with E-state index in [1.54, 1.807) is 12.1 Å². The molecule has 0 unspecified atom stereocenters. The van der Waals surface area contributed by atoms with Crippen LogP contribution in [0.25, 0.3) is 0 Å². The van der Waals surface area contributed by atoms with Crippen LogP contribution in [0.1, 0.15) is 21.5 Å². The number of carbonyl (C=O) groups is 1. The van der Waals surface area contributed by atoms with Crippen LogP contribution in [0.4, 0.5) is 11.4 Å². The van der Waals surface area contributed by atoms with E-state index in [0.717, 1.165) is 11.1 Å². The van der Waals surface area contributed by atoms with E-state index in [-0.39, 0.29) is 27.1 Å². The number of amides is 1. The molecule has 2 N–H and O–H groups in total. The van der Waals surface area contributed by atoms with Crippen LogP contribution < -0.4 is 14.8 Å². The summed E-state index contributed by atoms with van der Waals surface area (Å²) in [6.45, 7) is 3.95. The summed E-state index contributed by atoms with van der Waals surface area (Å²) in [5.41, 5.74) is 3.33. The van der Waals surface area contributed by atoms with Gasteiger partial charge in [0.15, 0.2) is 0 Å². The van der Waals surface area contributed by atoms with E-state index in [0.29, 0.717) is 11.4 Å². The molecule has 8 heteroatoms. The SMILES string of the molecule is COc1ccc(S(=O)(=O)Nc2ccc(C(=O)Nc3ccc(C)c(C)c3)c(Cl)c2)cc1. The van der Waals surface area contributed by atoms with Crippen LogP contribution in [-0.2, 0) is 10.0 Å². The van der Waals surface area contributed by atoms with Gasteiger partial charge in [0.05, 0.1) is 28.3 Å². The van der Waals surface area contributed by atoms with Gasteiger partial charge in [0, 0.05) is 5.69 Å². The number of rotatable bonds is 6. The van der Waals surface area contributed by atoms with Crippen molar-refractivity contribution in [2.45, 2.75) is 18.7 Å². The number of anilines is 2. The van der Waals surface area contributed by atoms with Gasteiger partial charge in [0.1, 0.15) is 5.75 Å². The third-order valence-electron chi connectivity index (χ3n) is 4.60. The molecule has 0 saturated heterocycles. The predicted octanol–water partition coefficient (Wildman–Crippen LogP) is 5.02. The Morgan fingerprint density at radius 1 is 0.900 bits per heavy atom. The minimum absolute atomic E-state index is 0.0796. The van der Waals surface area contributed by atoms with E-state index in [4.69, 9.17) is 16.3 Å². The molecule has 0 aliphatic carbocycles. The summed E-state index contributed by atoms with van der Waals surface area (Å²) in [5.74, 6) is 0.170. The zero-order valence-electron chi connectivity index (χ0n) is 16.7. The summed E-state index contributed by atoms with van der Waals surface area (Å²) in [4.78, 5) is 12.6. The van der Waals surface area contributed by atoms with Gasteiger partial charge in [-0.25, -0.2) is 8.42 Å². The second kappa shape index (κ2) is 8.77. The molecule has 0 atom stereocenters. The number of benzene rings is 3. The van der Waals surface area contributed by atoms with E-state index in [9.17, 15) is 13.2 Å². The standard InChI is InChI=1S/C22H21ClN2O4S/c1-14-4-5-16(12-15(14)2)24-22(26)20-11-6-17(13-21(20)23)25-30(27,28)19-9-7-18(29-3)8-10-19/h4-13,25H,1-3H3,(H,24,26). The van der Waals surface area contributed by atoms with Crippen LogP contribution in [0.3, 0.4) is 0 Å². The van der Waals surface area contributed by atoms with Crippen molar-refractivity contribution in [2.24, 2.45) is 0 Å². The lowest BCUT2D eigenvalue weighted by Gasteiger charge is -2.12. The first-order valence-electron chi connectivity index (χ1n) is 9.04. The minimum atomic E-state index is -3.81. The summed E-state index contributed by atoms with van der Waals surface area (Å²) in [6, 6.07) is 16.0. The molecule has 0 aromatic heterocycles. The summed E-state index contributed by atoms with van der Waals surface area (Å²) in [6.07, 6.45) is 0. The molecule has 0 heterocycles. The highest BCUT2D eigenvalue weighted by atomic mass is 35.5. The fraction of sp³-hybridized carbons (Fsp3) is 0.136. The summed E-state index contributed by atoms with van der Waals surface area (Å²) >= 11 is 6.25. The Bertz CT molecular complexity index is 1190. The molecule has 0 saturated carbocycles. The van der Waals surface area contributed by atoms with Gasteiger partial charge in [-0.3, -0.25) is 9.52 Å².